The predicted octanol–water partition coefficient (Wildman–Crippen LogP) is 3.67. The van der Waals surface area contributed by atoms with Gasteiger partial charge in [0, 0.05) is 20.2 Å². The molecule has 162 valence electrons. The van der Waals surface area contributed by atoms with Gasteiger partial charge >= 0.3 is 5.97 Å². The minimum atomic E-state index is -0.326. The largest absolute Gasteiger partial charge is 0.467 e. The minimum absolute atomic E-state index is 0. The van der Waals surface area contributed by atoms with E-state index in [4.69, 9.17) is 13.9 Å². The third kappa shape index (κ3) is 8.31. The standard InChI is InChI=1S/C19H28N4O4S.HI/c1-5-26-18(24)16-13(2)22-17(28-16)14(3)23-19(20-4)21-9-7-10-25-12-15-8-6-11-27-15;/h6,8,11,14H,5,7,9-10,12H2,1-4H3,(H2,20,21,23);1H. The van der Waals surface area contributed by atoms with Gasteiger partial charge in [0.1, 0.15) is 22.3 Å². The molecular formula is C19H29IN4O4S. The smallest absolute Gasteiger partial charge is 0.350 e. The molecule has 10 heteroatoms. The summed E-state index contributed by atoms with van der Waals surface area (Å²) in [5.74, 6) is 1.16. The van der Waals surface area contributed by atoms with E-state index in [1.807, 2.05) is 26.0 Å². The summed E-state index contributed by atoms with van der Waals surface area (Å²) in [7, 11) is 1.71. The first kappa shape index (κ1) is 25.4. The Morgan fingerprint density at radius 1 is 1.45 bits per heavy atom. The maximum atomic E-state index is 12.0. The van der Waals surface area contributed by atoms with E-state index >= 15 is 0 Å². The number of rotatable bonds is 10. The highest BCUT2D eigenvalue weighted by Gasteiger charge is 2.20. The van der Waals surface area contributed by atoms with Gasteiger partial charge in [-0.3, -0.25) is 4.99 Å². The van der Waals surface area contributed by atoms with Crippen LogP contribution in [0.5, 0.6) is 0 Å². The van der Waals surface area contributed by atoms with Crippen LogP contribution < -0.4 is 10.6 Å². The molecule has 0 fully saturated rings. The lowest BCUT2D eigenvalue weighted by Crippen LogP contribution is -2.39. The SMILES string of the molecule is CCOC(=O)c1sc(C(C)NC(=NC)NCCCOCc2ccco2)nc1C.I. The molecule has 0 saturated carbocycles. The number of esters is 1. The van der Waals surface area contributed by atoms with E-state index in [1.165, 1.54) is 11.3 Å². The fraction of sp³-hybridized carbons (Fsp3) is 0.526. The van der Waals surface area contributed by atoms with E-state index in [0.29, 0.717) is 36.4 Å². The van der Waals surface area contributed by atoms with Gasteiger partial charge in [-0.15, -0.1) is 35.3 Å². The number of carbonyl (C=O) groups is 1. The highest BCUT2D eigenvalue weighted by molar-refractivity contribution is 14.0. The molecule has 0 saturated heterocycles. The van der Waals surface area contributed by atoms with E-state index in [2.05, 4.69) is 20.6 Å². The van der Waals surface area contributed by atoms with Gasteiger partial charge in [-0.2, -0.15) is 0 Å². The second-order valence-corrected chi connectivity index (χ2v) is 7.07. The number of aromatic nitrogens is 1. The number of furan rings is 1. The summed E-state index contributed by atoms with van der Waals surface area (Å²) in [5.41, 5.74) is 0.684. The highest BCUT2D eigenvalue weighted by atomic mass is 127. The van der Waals surface area contributed by atoms with Crippen LogP contribution in [0.4, 0.5) is 0 Å². The normalized spacial score (nSPS) is 12.2. The highest BCUT2D eigenvalue weighted by Crippen LogP contribution is 2.24. The summed E-state index contributed by atoms with van der Waals surface area (Å²) in [6.07, 6.45) is 2.47. The molecule has 1 unspecified atom stereocenters. The zero-order valence-electron chi connectivity index (χ0n) is 17.2. The van der Waals surface area contributed by atoms with Crippen LogP contribution in [0.25, 0.3) is 0 Å². The number of thiazole rings is 1. The lowest BCUT2D eigenvalue weighted by molar-refractivity contribution is 0.0531. The van der Waals surface area contributed by atoms with Gasteiger partial charge in [0.25, 0.3) is 0 Å². The van der Waals surface area contributed by atoms with Crippen LogP contribution in [0.1, 0.15) is 52.4 Å². The van der Waals surface area contributed by atoms with Crippen molar-refractivity contribution in [2.24, 2.45) is 4.99 Å². The van der Waals surface area contributed by atoms with Crippen molar-refractivity contribution < 1.29 is 18.7 Å². The zero-order chi connectivity index (χ0) is 20.4. The minimum Gasteiger partial charge on any atom is -0.467 e. The number of aliphatic imine (C=N–C) groups is 1. The molecule has 0 bridgehead atoms. The molecular weight excluding hydrogens is 507 g/mol. The Bertz CT molecular complexity index is 764. The quantitative estimate of drug-likeness (QED) is 0.157. The first-order valence-corrected chi connectivity index (χ1v) is 10.1. The van der Waals surface area contributed by atoms with Crippen molar-refractivity contribution in [2.75, 3.05) is 26.8 Å². The monoisotopic (exact) mass is 536 g/mol. The Kier molecular flexibility index (Phi) is 11.9. The molecule has 0 radical (unpaired) electrons. The number of nitrogens with zero attached hydrogens (tertiary/aromatic N) is 2. The Balaban J connectivity index is 0.00000420. The van der Waals surface area contributed by atoms with E-state index < -0.39 is 0 Å². The van der Waals surface area contributed by atoms with Crippen molar-refractivity contribution in [3.05, 3.63) is 39.7 Å². The predicted molar refractivity (Wildman–Crippen MR) is 124 cm³/mol. The van der Waals surface area contributed by atoms with Gasteiger partial charge < -0.3 is 24.5 Å². The number of nitrogens with one attached hydrogen (secondary N) is 2. The van der Waals surface area contributed by atoms with Gasteiger partial charge in [0.15, 0.2) is 5.96 Å². The summed E-state index contributed by atoms with van der Waals surface area (Å²) in [6.45, 7) is 7.74. The van der Waals surface area contributed by atoms with Gasteiger partial charge in [0.2, 0.25) is 0 Å². The zero-order valence-corrected chi connectivity index (χ0v) is 20.3. The number of hydrogen-bond donors (Lipinski definition) is 2. The molecule has 2 aromatic heterocycles. The van der Waals surface area contributed by atoms with E-state index in [0.717, 1.165) is 23.7 Å². The van der Waals surface area contributed by atoms with Crippen LogP contribution in [-0.2, 0) is 16.1 Å². The van der Waals surface area contributed by atoms with Gasteiger partial charge in [-0.05, 0) is 39.3 Å². The molecule has 2 rings (SSSR count). The third-order valence-corrected chi connectivity index (χ3v) is 5.12. The van der Waals surface area contributed by atoms with Crippen molar-refractivity contribution in [3.8, 4) is 0 Å². The number of carbonyl (C=O) groups excluding carboxylic acids is 1. The lowest BCUT2D eigenvalue weighted by atomic mass is 10.3. The molecule has 0 aliphatic carbocycles. The summed E-state index contributed by atoms with van der Waals surface area (Å²) in [4.78, 5) is 21.2. The van der Waals surface area contributed by atoms with E-state index in [-0.39, 0.29) is 36.0 Å². The third-order valence-electron chi connectivity index (χ3n) is 3.80. The van der Waals surface area contributed by atoms with E-state index in [1.54, 1.807) is 20.2 Å². The van der Waals surface area contributed by atoms with Crippen LogP contribution in [0.3, 0.4) is 0 Å². The number of hydrogen-bond acceptors (Lipinski definition) is 7. The number of halogens is 1. The molecule has 8 nitrogen and oxygen atoms in total. The van der Waals surface area contributed by atoms with Crippen molar-refractivity contribution in [3.63, 3.8) is 0 Å². The summed E-state index contributed by atoms with van der Waals surface area (Å²) < 4.78 is 15.8. The van der Waals surface area contributed by atoms with Gasteiger partial charge in [-0.1, -0.05) is 0 Å². The number of guanidine groups is 1. The maximum absolute atomic E-state index is 12.0. The topological polar surface area (TPSA) is 98.0 Å². The van der Waals surface area contributed by atoms with Gasteiger partial charge in [0.05, 0.1) is 24.6 Å². The summed E-state index contributed by atoms with van der Waals surface area (Å²) in [6, 6.07) is 3.64. The Morgan fingerprint density at radius 3 is 2.90 bits per heavy atom. The first-order valence-electron chi connectivity index (χ1n) is 9.26. The van der Waals surface area contributed by atoms with Crippen LogP contribution in [0, 0.1) is 6.92 Å². The molecule has 2 aromatic rings. The maximum Gasteiger partial charge on any atom is 0.350 e. The molecule has 0 aliphatic heterocycles. The lowest BCUT2D eigenvalue weighted by Gasteiger charge is -2.16. The molecule has 29 heavy (non-hydrogen) atoms. The fourth-order valence-corrected chi connectivity index (χ4v) is 3.36. The number of aryl methyl sites for hydroxylation is 1. The fourth-order valence-electron chi connectivity index (χ4n) is 2.40. The average molecular weight is 536 g/mol. The first-order chi connectivity index (χ1) is 13.5. The molecule has 1 atom stereocenters. The van der Waals surface area contributed by atoms with Crippen LogP contribution in [0.15, 0.2) is 27.8 Å². The van der Waals surface area contributed by atoms with Gasteiger partial charge in [-0.25, -0.2) is 9.78 Å². The summed E-state index contributed by atoms with van der Waals surface area (Å²) in [5, 5.41) is 7.35. The molecule has 0 aromatic carbocycles. The van der Waals surface area contributed by atoms with E-state index in [9.17, 15) is 4.79 Å². The second-order valence-electron chi connectivity index (χ2n) is 6.04. The summed E-state index contributed by atoms with van der Waals surface area (Å²) >= 11 is 1.34. The Morgan fingerprint density at radius 2 is 2.24 bits per heavy atom. The molecule has 0 spiro atoms. The average Bonchev–Trinajstić information content (AvgIpc) is 3.33. The molecule has 0 aliphatic rings. The van der Waals surface area contributed by atoms with Crippen molar-refractivity contribution in [1.82, 2.24) is 15.6 Å². The van der Waals surface area contributed by atoms with Crippen molar-refractivity contribution in [2.45, 2.75) is 39.8 Å². The molecule has 2 N–H and O–H groups in total. The molecule has 2 heterocycles. The van der Waals surface area contributed by atoms with Crippen molar-refractivity contribution in [1.29, 1.82) is 0 Å². The second kappa shape index (κ2) is 13.5. The molecule has 0 amide bonds. The van der Waals surface area contributed by atoms with Crippen LogP contribution in [-0.4, -0.2) is 43.7 Å². The Hall–Kier alpha value is -1.66. The Labute approximate surface area is 192 Å². The van der Waals surface area contributed by atoms with Crippen LogP contribution in [0.2, 0.25) is 0 Å². The van der Waals surface area contributed by atoms with Crippen LogP contribution >= 0.6 is 35.3 Å². The van der Waals surface area contributed by atoms with Crippen molar-refractivity contribution >= 4 is 47.2 Å². The number of ether oxygens (including phenoxy) is 2.